The predicted molar refractivity (Wildman–Crippen MR) is 90.0 cm³/mol. The number of carbonyl (C=O) groups is 1. The fourth-order valence-corrected chi connectivity index (χ4v) is 2.74. The van der Waals surface area contributed by atoms with E-state index in [2.05, 4.69) is 10.4 Å². The molecular weight excluding hydrogens is 341 g/mol. The van der Waals surface area contributed by atoms with Gasteiger partial charge in [0.15, 0.2) is 12.5 Å². The van der Waals surface area contributed by atoms with Crippen LogP contribution in [-0.2, 0) is 17.9 Å². The third-order valence-corrected chi connectivity index (χ3v) is 4.06. The van der Waals surface area contributed by atoms with E-state index in [9.17, 15) is 19.3 Å². The summed E-state index contributed by atoms with van der Waals surface area (Å²) in [4.78, 5) is 22.0. The normalized spacial score (nSPS) is 16.2. The predicted octanol–water partition coefficient (Wildman–Crippen LogP) is 3.17. The molecule has 0 spiro atoms. The molecule has 1 atom stereocenters. The van der Waals surface area contributed by atoms with E-state index in [1.165, 1.54) is 28.2 Å². The highest BCUT2D eigenvalue weighted by atomic mass is 19.1. The number of hydrogen-bond donors (Lipinski definition) is 0. The van der Waals surface area contributed by atoms with Gasteiger partial charge in [-0.05, 0) is 36.2 Å². The van der Waals surface area contributed by atoms with Gasteiger partial charge in [-0.3, -0.25) is 14.9 Å². The Kier molecular flexibility index (Phi) is 4.87. The van der Waals surface area contributed by atoms with E-state index in [1.54, 1.807) is 31.2 Å². The van der Waals surface area contributed by atoms with Crippen LogP contribution in [0, 0.1) is 22.9 Å². The van der Waals surface area contributed by atoms with Gasteiger partial charge in [0.25, 0.3) is 5.69 Å². The molecule has 0 fully saturated rings. The number of nitro benzene ring substituents is 1. The van der Waals surface area contributed by atoms with Gasteiger partial charge in [-0.2, -0.15) is 0 Å². The van der Waals surface area contributed by atoms with Crippen molar-refractivity contribution in [3.05, 3.63) is 75.1 Å². The van der Waals surface area contributed by atoms with E-state index in [4.69, 9.17) is 0 Å². The lowest BCUT2D eigenvalue weighted by Crippen LogP contribution is -2.39. The van der Waals surface area contributed by atoms with Crippen LogP contribution in [-0.4, -0.2) is 27.4 Å². The summed E-state index contributed by atoms with van der Waals surface area (Å²) in [6.07, 6.45) is 0.0254. The van der Waals surface area contributed by atoms with Gasteiger partial charge in [-0.1, -0.05) is 28.6 Å². The fourth-order valence-electron chi connectivity index (χ4n) is 2.74. The second-order valence-electron chi connectivity index (χ2n) is 5.93. The molecule has 3 rings (SSSR count). The smallest absolute Gasteiger partial charge is 0.272 e. The number of nitrogens with zero attached hydrogens (tertiary/aromatic N) is 5. The number of aldehydes is 1. The lowest BCUT2D eigenvalue weighted by molar-refractivity contribution is -0.385. The fraction of sp³-hybridized carbons (Fsp3) is 0.235. The summed E-state index contributed by atoms with van der Waals surface area (Å²) in [5.74, 6) is -0.334. The summed E-state index contributed by atoms with van der Waals surface area (Å²) in [7, 11) is 0. The average Bonchev–Trinajstić information content (AvgIpc) is 2.98. The van der Waals surface area contributed by atoms with Crippen LogP contribution in [0.3, 0.4) is 0 Å². The van der Waals surface area contributed by atoms with Gasteiger partial charge in [0, 0.05) is 11.6 Å². The second kappa shape index (κ2) is 7.26. The number of nitro groups is 1. The first-order valence-corrected chi connectivity index (χ1v) is 7.86. The second-order valence-corrected chi connectivity index (χ2v) is 5.93. The third kappa shape index (κ3) is 3.66. The Morgan fingerprint density at radius 2 is 1.69 bits per heavy atom. The van der Waals surface area contributed by atoms with E-state index < -0.39 is 11.1 Å². The maximum atomic E-state index is 13.0. The molecule has 0 aliphatic carbocycles. The van der Waals surface area contributed by atoms with E-state index in [1.807, 2.05) is 0 Å². The quantitative estimate of drug-likeness (QED) is 0.450. The molecule has 1 unspecified atom stereocenters. The molecule has 1 aliphatic rings. The molecule has 0 saturated carbocycles. The zero-order valence-corrected chi connectivity index (χ0v) is 13.9. The van der Waals surface area contributed by atoms with Crippen molar-refractivity contribution in [2.75, 3.05) is 0 Å². The Balaban J connectivity index is 1.70. The molecule has 2 aromatic rings. The largest absolute Gasteiger partial charge is 0.299 e. The molecule has 0 aromatic heterocycles. The Morgan fingerprint density at radius 3 is 2.23 bits per heavy atom. The number of hydrogen-bond acceptors (Lipinski definition) is 7. The summed E-state index contributed by atoms with van der Waals surface area (Å²) < 4.78 is 13.0. The van der Waals surface area contributed by atoms with Crippen LogP contribution in [0.4, 0.5) is 10.1 Å². The summed E-state index contributed by atoms with van der Waals surface area (Å²) in [6, 6.07) is 10.7. The summed E-state index contributed by atoms with van der Waals surface area (Å²) in [5, 5.41) is 21.9. The summed E-state index contributed by atoms with van der Waals surface area (Å²) >= 11 is 0. The van der Waals surface area contributed by atoms with E-state index >= 15 is 0 Å². The number of carbonyl (C=O) groups excluding carboxylic acids is 1. The van der Waals surface area contributed by atoms with Gasteiger partial charge in [-0.25, -0.2) is 14.4 Å². The minimum atomic E-state index is -0.699. The van der Waals surface area contributed by atoms with E-state index in [0.29, 0.717) is 12.1 Å². The number of benzene rings is 2. The first kappa shape index (κ1) is 17.5. The summed E-state index contributed by atoms with van der Waals surface area (Å²) in [5.41, 5.74) is 2.16. The molecule has 8 nitrogen and oxygen atoms in total. The van der Waals surface area contributed by atoms with Gasteiger partial charge < -0.3 is 0 Å². The SMILES string of the molecule is Cc1cc(CN2N=NN(Cc3ccc(F)cc3)C2C=O)ccc1[N+](=O)[O-]. The molecule has 0 bridgehead atoms. The van der Waals surface area contributed by atoms with Gasteiger partial charge in [0.2, 0.25) is 0 Å². The maximum absolute atomic E-state index is 13.0. The van der Waals surface area contributed by atoms with Gasteiger partial charge in [-0.15, -0.1) is 0 Å². The Hall–Kier alpha value is -3.36. The minimum absolute atomic E-state index is 0.0432. The first-order chi connectivity index (χ1) is 12.5. The molecule has 0 saturated heterocycles. The molecule has 1 aliphatic heterocycles. The van der Waals surface area contributed by atoms with Crippen molar-refractivity contribution in [3.63, 3.8) is 0 Å². The zero-order chi connectivity index (χ0) is 18.7. The van der Waals surface area contributed by atoms with Crippen LogP contribution < -0.4 is 0 Å². The first-order valence-electron chi connectivity index (χ1n) is 7.86. The van der Waals surface area contributed by atoms with Gasteiger partial charge >= 0.3 is 0 Å². The van der Waals surface area contributed by atoms with Crippen molar-refractivity contribution >= 4 is 12.0 Å². The summed E-state index contributed by atoms with van der Waals surface area (Å²) in [6.45, 7) is 2.25. The molecule has 26 heavy (non-hydrogen) atoms. The van der Waals surface area contributed by atoms with Crippen molar-refractivity contribution in [3.8, 4) is 0 Å². The maximum Gasteiger partial charge on any atom is 0.272 e. The Labute approximate surface area is 148 Å². The lowest BCUT2D eigenvalue weighted by atomic mass is 10.1. The van der Waals surface area contributed by atoms with Crippen molar-refractivity contribution < 1.29 is 14.1 Å². The molecule has 9 heteroatoms. The molecule has 0 amide bonds. The number of aryl methyl sites for hydroxylation is 1. The zero-order valence-electron chi connectivity index (χ0n) is 13.9. The van der Waals surface area contributed by atoms with Crippen molar-refractivity contribution in [2.45, 2.75) is 26.2 Å². The van der Waals surface area contributed by atoms with Crippen molar-refractivity contribution in [2.24, 2.45) is 10.4 Å². The van der Waals surface area contributed by atoms with Crippen LogP contribution in [0.1, 0.15) is 16.7 Å². The van der Waals surface area contributed by atoms with Gasteiger partial charge in [0.05, 0.1) is 18.0 Å². The average molecular weight is 357 g/mol. The highest BCUT2D eigenvalue weighted by molar-refractivity contribution is 5.57. The molecule has 2 aromatic carbocycles. The van der Waals surface area contributed by atoms with Crippen molar-refractivity contribution in [1.82, 2.24) is 10.0 Å². The Bertz CT molecular complexity index is 856. The third-order valence-electron chi connectivity index (χ3n) is 4.06. The van der Waals surface area contributed by atoms with Crippen LogP contribution in [0.2, 0.25) is 0 Å². The molecule has 0 radical (unpaired) electrons. The lowest BCUT2D eigenvalue weighted by Gasteiger charge is -2.23. The van der Waals surface area contributed by atoms with Crippen LogP contribution in [0.25, 0.3) is 0 Å². The minimum Gasteiger partial charge on any atom is -0.299 e. The standard InChI is InChI=1S/C17H16FN5O3/c1-12-8-14(4-7-16(12)23(25)26)10-22-17(11-24)21(19-20-22)9-13-2-5-15(18)6-3-13/h2-8,11,17H,9-10H2,1H3. The van der Waals surface area contributed by atoms with Crippen molar-refractivity contribution in [1.29, 1.82) is 0 Å². The van der Waals surface area contributed by atoms with Gasteiger partial charge in [0.1, 0.15) is 5.82 Å². The molecule has 134 valence electrons. The molecule has 0 N–H and O–H groups in total. The topological polar surface area (TPSA) is 91.4 Å². The van der Waals surface area contributed by atoms with E-state index in [0.717, 1.165) is 17.4 Å². The van der Waals surface area contributed by atoms with Crippen LogP contribution in [0.15, 0.2) is 52.9 Å². The number of halogens is 1. The highest BCUT2D eigenvalue weighted by Crippen LogP contribution is 2.24. The Morgan fingerprint density at radius 1 is 1.12 bits per heavy atom. The van der Waals surface area contributed by atoms with Crippen LogP contribution >= 0.6 is 0 Å². The molecule has 1 heterocycles. The monoisotopic (exact) mass is 357 g/mol. The highest BCUT2D eigenvalue weighted by Gasteiger charge is 2.29. The molecular formula is C17H16FN5O3. The van der Waals surface area contributed by atoms with Crippen LogP contribution in [0.5, 0.6) is 0 Å². The number of rotatable bonds is 6. The van der Waals surface area contributed by atoms with E-state index in [-0.39, 0.29) is 18.0 Å².